The van der Waals surface area contributed by atoms with E-state index in [0.717, 1.165) is 16.5 Å². The fourth-order valence-corrected chi connectivity index (χ4v) is 3.46. The summed E-state index contributed by atoms with van der Waals surface area (Å²) in [4.78, 5) is 35.0. The molecule has 2 aromatic carbocycles. The molecule has 0 aliphatic heterocycles. The van der Waals surface area contributed by atoms with Crippen LogP contribution in [0.5, 0.6) is 5.75 Å². The second kappa shape index (κ2) is 9.18. The first-order valence-electron chi connectivity index (χ1n) is 10.5. The van der Waals surface area contributed by atoms with Crippen LogP contribution in [0.15, 0.2) is 57.9 Å². The summed E-state index contributed by atoms with van der Waals surface area (Å²) in [5.74, 6) is -0.538. The van der Waals surface area contributed by atoms with Crippen LogP contribution >= 0.6 is 0 Å². The maximum absolute atomic E-state index is 12.5. The van der Waals surface area contributed by atoms with Gasteiger partial charge in [-0.25, -0.2) is 14.3 Å². The number of rotatable bonds is 7. The van der Waals surface area contributed by atoms with Crippen LogP contribution < -0.4 is 10.4 Å². The van der Waals surface area contributed by atoms with Gasteiger partial charge in [0, 0.05) is 29.1 Å². The predicted molar refractivity (Wildman–Crippen MR) is 122 cm³/mol. The minimum atomic E-state index is -0.679. The number of ether oxygens (including phenoxy) is 2. The number of benzene rings is 2. The van der Waals surface area contributed by atoms with Gasteiger partial charge < -0.3 is 13.9 Å². The molecule has 0 saturated heterocycles. The Morgan fingerprint density at radius 1 is 1.18 bits per heavy atom. The van der Waals surface area contributed by atoms with Crippen molar-refractivity contribution in [1.82, 2.24) is 9.78 Å². The van der Waals surface area contributed by atoms with Gasteiger partial charge in [0.05, 0.1) is 23.4 Å². The average Bonchev–Trinajstić information content (AvgIpc) is 3.25. The molecule has 0 radical (unpaired) electrons. The molecule has 2 heterocycles. The van der Waals surface area contributed by atoms with Crippen LogP contribution in [0.2, 0.25) is 0 Å². The van der Waals surface area contributed by atoms with E-state index in [1.807, 2.05) is 26.0 Å². The van der Waals surface area contributed by atoms with E-state index in [-0.39, 0.29) is 30.3 Å². The topological polar surface area (TPSA) is 127 Å². The molecule has 0 amide bonds. The minimum absolute atomic E-state index is 0.0248. The number of aryl methyl sites for hydroxylation is 2. The molecule has 0 unspecified atom stereocenters. The molecule has 0 saturated carbocycles. The summed E-state index contributed by atoms with van der Waals surface area (Å²) >= 11 is 0. The van der Waals surface area contributed by atoms with Crippen LogP contribution in [0.3, 0.4) is 0 Å². The maximum Gasteiger partial charge on any atom is 0.362 e. The number of hydrogen-bond donors (Lipinski definition) is 0. The highest BCUT2D eigenvalue weighted by Crippen LogP contribution is 2.27. The molecule has 10 nitrogen and oxygen atoms in total. The number of aromatic nitrogens is 2. The van der Waals surface area contributed by atoms with Crippen molar-refractivity contribution in [3.8, 4) is 11.4 Å². The van der Waals surface area contributed by atoms with Gasteiger partial charge in [0.2, 0.25) is 5.69 Å². The van der Waals surface area contributed by atoms with Gasteiger partial charge in [0.25, 0.3) is 5.69 Å². The Balaban J connectivity index is 1.70. The van der Waals surface area contributed by atoms with Gasteiger partial charge in [-0.15, -0.1) is 0 Å². The van der Waals surface area contributed by atoms with Gasteiger partial charge in [-0.05, 0) is 44.0 Å². The third-order valence-electron chi connectivity index (χ3n) is 5.38. The van der Waals surface area contributed by atoms with Crippen molar-refractivity contribution < 1.29 is 23.6 Å². The molecule has 4 rings (SSSR count). The number of hydrogen-bond acceptors (Lipinski definition) is 8. The quantitative estimate of drug-likeness (QED) is 0.172. The maximum atomic E-state index is 12.5. The first kappa shape index (κ1) is 22.7. The summed E-state index contributed by atoms with van der Waals surface area (Å²) in [5, 5.41) is 15.9. The number of esters is 1. The largest absolute Gasteiger partial charge is 0.485 e. The van der Waals surface area contributed by atoms with Crippen LogP contribution in [0.25, 0.3) is 16.7 Å². The normalized spacial score (nSPS) is 10.9. The van der Waals surface area contributed by atoms with Crippen molar-refractivity contribution >= 4 is 22.6 Å². The van der Waals surface area contributed by atoms with E-state index in [1.54, 1.807) is 6.92 Å². The van der Waals surface area contributed by atoms with E-state index < -0.39 is 16.5 Å². The van der Waals surface area contributed by atoms with E-state index in [4.69, 9.17) is 13.9 Å². The Labute approximate surface area is 193 Å². The van der Waals surface area contributed by atoms with Crippen LogP contribution in [0.1, 0.15) is 34.1 Å². The first-order chi connectivity index (χ1) is 16.3. The Bertz CT molecular complexity index is 1450. The third-order valence-corrected chi connectivity index (χ3v) is 5.38. The lowest BCUT2D eigenvalue weighted by Gasteiger charge is -2.10. The zero-order chi connectivity index (χ0) is 24.4. The van der Waals surface area contributed by atoms with E-state index >= 15 is 0 Å². The SMILES string of the molecule is CCOC(=O)c1nn(-c2ccc([N+](=O)[O-])cc2)cc1OCc1cc(=O)oc2c(C)c(C)ccc12. The van der Waals surface area contributed by atoms with Crippen molar-refractivity contribution in [2.45, 2.75) is 27.4 Å². The molecule has 0 N–H and O–H groups in total. The summed E-state index contributed by atoms with van der Waals surface area (Å²) in [6, 6.07) is 10.8. The molecule has 0 fully saturated rings. The highest BCUT2D eigenvalue weighted by Gasteiger charge is 2.21. The van der Waals surface area contributed by atoms with Crippen LogP contribution in [-0.4, -0.2) is 27.3 Å². The first-order valence-corrected chi connectivity index (χ1v) is 10.5. The lowest BCUT2D eigenvalue weighted by atomic mass is 10.0. The van der Waals surface area contributed by atoms with E-state index in [0.29, 0.717) is 16.8 Å². The Morgan fingerprint density at radius 3 is 2.59 bits per heavy atom. The monoisotopic (exact) mass is 463 g/mol. The molecule has 174 valence electrons. The molecule has 0 atom stereocenters. The highest BCUT2D eigenvalue weighted by atomic mass is 16.6. The van der Waals surface area contributed by atoms with Gasteiger partial charge in [-0.2, -0.15) is 5.10 Å². The summed E-state index contributed by atoms with van der Waals surface area (Å²) < 4.78 is 17.8. The van der Waals surface area contributed by atoms with Gasteiger partial charge in [0.1, 0.15) is 12.2 Å². The Hall–Kier alpha value is -4.47. The second-order valence-electron chi connectivity index (χ2n) is 7.54. The Kier molecular flexibility index (Phi) is 6.13. The van der Waals surface area contributed by atoms with Crippen molar-refractivity contribution in [2.75, 3.05) is 6.61 Å². The number of nitro benzene ring substituents is 1. The minimum Gasteiger partial charge on any atom is -0.485 e. The molecule has 0 aliphatic rings. The Morgan fingerprint density at radius 2 is 1.91 bits per heavy atom. The van der Waals surface area contributed by atoms with Crippen molar-refractivity contribution in [2.24, 2.45) is 0 Å². The molecular formula is C24H21N3O7. The molecule has 0 spiro atoms. The molecule has 4 aromatic rings. The molecule has 0 bridgehead atoms. The number of nitrogens with zero attached hydrogens (tertiary/aromatic N) is 3. The number of nitro groups is 1. The van der Waals surface area contributed by atoms with Gasteiger partial charge >= 0.3 is 11.6 Å². The zero-order valence-electron chi connectivity index (χ0n) is 18.7. The standard InChI is InChI=1S/C24H21N3O7/c1-4-32-24(29)22-20(12-26(25-22)17-6-8-18(9-7-17)27(30)31)33-13-16-11-21(28)34-23-15(3)14(2)5-10-19(16)23/h5-12H,4,13H2,1-3H3. The molecule has 10 heteroatoms. The number of carbonyl (C=O) groups is 1. The molecule has 2 aromatic heterocycles. The third kappa shape index (κ3) is 4.38. The average molecular weight is 463 g/mol. The second-order valence-corrected chi connectivity index (χ2v) is 7.54. The summed E-state index contributed by atoms with van der Waals surface area (Å²) in [6.07, 6.45) is 1.48. The lowest BCUT2D eigenvalue weighted by molar-refractivity contribution is -0.384. The van der Waals surface area contributed by atoms with Gasteiger partial charge in [0.15, 0.2) is 5.75 Å². The van der Waals surface area contributed by atoms with Crippen LogP contribution in [0, 0.1) is 24.0 Å². The lowest BCUT2D eigenvalue weighted by Crippen LogP contribution is -2.09. The van der Waals surface area contributed by atoms with E-state index in [2.05, 4.69) is 5.10 Å². The van der Waals surface area contributed by atoms with Gasteiger partial charge in [-0.3, -0.25) is 10.1 Å². The highest BCUT2D eigenvalue weighted by molar-refractivity contribution is 5.90. The van der Waals surface area contributed by atoms with E-state index in [1.165, 1.54) is 41.2 Å². The van der Waals surface area contributed by atoms with Crippen LogP contribution in [0.4, 0.5) is 5.69 Å². The summed E-state index contributed by atoms with van der Waals surface area (Å²) in [6.45, 7) is 5.59. The van der Waals surface area contributed by atoms with E-state index in [9.17, 15) is 19.7 Å². The van der Waals surface area contributed by atoms with Gasteiger partial charge in [-0.1, -0.05) is 12.1 Å². The van der Waals surface area contributed by atoms with Crippen molar-refractivity contribution in [1.29, 1.82) is 0 Å². The molecule has 34 heavy (non-hydrogen) atoms. The smallest absolute Gasteiger partial charge is 0.362 e. The molecular weight excluding hydrogens is 442 g/mol. The fourth-order valence-electron chi connectivity index (χ4n) is 3.46. The molecule has 0 aliphatic carbocycles. The van der Waals surface area contributed by atoms with Crippen molar-refractivity contribution in [3.05, 3.63) is 91.6 Å². The summed E-state index contributed by atoms with van der Waals surface area (Å²) in [5.41, 5.74) is 2.77. The zero-order valence-corrected chi connectivity index (χ0v) is 18.7. The number of fused-ring (bicyclic) bond motifs is 1. The fraction of sp³-hybridized carbons (Fsp3) is 0.208. The predicted octanol–water partition coefficient (Wildman–Crippen LogP) is 4.26. The van der Waals surface area contributed by atoms with Crippen LogP contribution in [-0.2, 0) is 11.3 Å². The van der Waals surface area contributed by atoms with Crippen molar-refractivity contribution in [3.63, 3.8) is 0 Å². The number of non-ortho nitro benzene ring substituents is 1. The number of carbonyl (C=O) groups excluding carboxylic acids is 1. The summed E-state index contributed by atoms with van der Waals surface area (Å²) in [7, 11) is 0.